The van der Waals surface area contributed by atoms with Crippen molar-refractivity contribution in [3.63, 3.8) is 0 Å². The van der Waals surface area contributed by atoms with Gasteiger partial charge in [-0.2, -0.15) is 0 Å². The van der Waals surface area contributed by atoms with Gasteiger partial charge in [0.15, 0.2) is 0 Å². The van der Waals surface area contributed by atoms with Crippen LogP contribution in [0.4, 0.5) is 0 Å². The van der Waals surface area contributed by atoms with E-state index in [1.165, 1.54) is 0 Å². The average Bonchev–Trinajstić information content (AvgIpc) is 2.01. The van der Waals surface area contributed by atoms with E-state index in [0.717, 1.165) is 19.6 Å². The summed E-state index contributed by atoms with van der Waals surface area (Å²) in [6.07, 6.45) is 0. The molecule has 0 spiro atoms. The van der Waals surface area contributed by atoms with Gasteiger partial charge in [-0.25, -0.2) is 0 Å². The molecule has 0 aliphatic carbocycles. The largest absolute Gasteiger partial charge is 0.395 e. The van der Waals surface area contributed by atoms with Crippen LogP contribution in [0.1, 0.15) is 20.8 Å². The summed E-state index contributed by atoms with van der Waals surface area (Å²) in [6.45, 7) is 10.1. The topological polar surface area (TPSA) is 35.5 Å². The molecule has 0 aromatic rings. The maximum atomic E-state index is 9.07. The van der Waals surface area contributed by atoms with Gasteiger partial charge in [-0.1, -0.05) is 13.8 Å². The van der Waals surface area contributed by atoms with Crippen molar-refractivity contribution < 1.29 is 5.11 Å². The van der Waals surface area contributed by atoms with Crippen LogP contribution in [0.3, 0.4) is 0 Å². The predicted molar refractivity (Wildman–Crippen MR) is 54.7 cm³/mol. The molecule has 1 heterocycles. The highest BCUT2D eigenvalue weighted by atomic mass is 16.3. The molecule has 2 unspecified atom stereocenters. The zero-order chi connectivity index (χ0) is 9.84. The van der Waals surface area contributed by atoms with Crippen LogP contribution in [-0.2, 0) is 0 Å². The van der Waals surface area contributed by atoms with Crippen LogP contribution in [0.2, 0.25) is 0 Å². The highest BCUT2D eigenvalue weighted by Crippen LogP contribution is 2.06. The second-order valence-corrected chi connectivity index (χ2v) is 4.56. The van der Waals surface area contributed by atoms with Crippen LogP contribution < -0.4 is 5.32 Å². The van der Waals surface area contributed by atoms with Crippen molar-refractivity contribution in [1.29, 1.82) is 0 Å². The molecule has 0 aromatic carbocycles. The van der Waals surface area contributed by atoms with E-state index in [2.05, 4.69) is 31.0 Å². The smallest absolute Gasteiger partial charge is 0.0597 e. The van der Waals surface area contributed by atoms with Crippen LogP contribution in [0, 0.1) is 5.92 Å². The zero-order valence-corrected chi connectivity index (χ0v) is 8.95. The fraction of sp³-hybridized carbons (Fsp3) is 1.00. The Morgan fingerprint density at radius 1 is 1.46 bits per heavy atom. The van der Waals surface area contributed by atoms with Gasteiger partial charge in [-0.15, -0.1) is 0 Å². The molecule has 78 valence electrons. The lowest BCUT2D eigenvalue weighted by Crippen LogP contribution is -2.57. The lowest BCUT2D eigenvalue weighted by Gasteiger charge is -2.37. The van der Waals surface area contributed by atoms with Gasteiger partial charge in [0.25, 0.3) is 0 Å². The molecule has 0 amide bonds. The van der Waals surface area contributed by atoms with Crippen LogP contribution in [0.15, 0.2) is 0 Å². The summed E-state index contributed by atoms with van der Waals surface area (Å²) in [5.74, 6) is 0.713. The molecular weight excluding hydrogens is 164 g/mol. The van der Waals surface area contributed by atoms with E-state index in [4.69, 9.17) is 5.11 Å². The molecular formula is C10H22N2O. The van der Waals surface area contributed by atoms with Gasteiger partial charge >= 0.3 is 0 Å². The first-order valence-electron chi connectivity index (χ1n) is 5.21. The lowest BCUT2D eigenvalue weighted by molar-refractivity contribution is 0.115. The summed E-state index contributed by atoms with van der Waals surface area (Å²) >= 11 is 0. The molecule has 13 heavy (non-hydrogen) atoms. The predicted octanol–water partition coefficient (Wildman–Crippen LogP) is 0.297. The van der Waals surface area contributed by atoms with E-state index in [1.807, 2.05) is 0 Å². The average molecular weight is 186 g/mol. The van der Waals surface area contributed by atoms with Crippen molar-refractivity contribution in [3.05, 3.63) is 0 Å². The summed E-state index contributed by atoms with van der Waals surface area (Å²) in [6, 6.07) is 0.771. The number of piperazine rings is 1. The number of nitrogens with zero attached hydrogens (tertiary/aromatic N) is 1. The van der Waals surface area contributed by atoms with Crippen LogP contribution >= 0.6 is 0 Å². The van der Waals surface area contributed by atoms with Gasteiger partial charge in [0.1, 0.15) is 0 Å². The molecule has 1 saturated heterocycles. The van der Waals surface area contributed by atoms with Crippen LogP contribution in [0.25, 0.3) is 0 Å². The van der Waals surface area contributed by atoms with Gasteiger partial charge in [0.2, 0.25) is 0 Å². The summed E-state index contributed by atoms with van der Waals surface area (Å²) < 4.78 is 0. The maximum absolute atomic E-state index is 9.07. The van der Waals surface area contributed by atoms with E-state index in [0.29, 0.717) is 12.0 Å². The molecule has 1 rings (SSSR count). The van der Waals surface area contributed by atoms with Gasteiger partial charge in [0, 0.05) is 31.7 Å². The monoisotopic (exact) mass is 186 g/mol. The first kappa shape index (κ1) is 11.0. The molecule has 1 fully saturated rings. The Bertz CT molecular complexity index is 148. The van der Waals surface area contributed by atoms with Gasteiger partial charge < -0.3 is 10.4 Å². The summed E-state index contributed by atoms with van der Waals surface area (Å²) in [5, 5.41) is 12.4. The van der Waals surface area contributed by atoms with Crippen molar-refractivity contribution in [2.75, 3.05) is 26.2 Å². The minimum Gasteiger partial charge on any atom is -0.395 e. The zero-order valence-electron chi connectivity index (χ0n) is 8.95. The van der Waals surface area contributed by atoms with Gasteiger partial charge in [-0.3, -0.25) is 4.90 Å². The van der Waals surface area contributed by atoms with Crippen molar-refractivity contribution in [3.8, 4) is 0 Å². The second-order valence-electron chi connectivity index (χ2n) is 4.56. The summed E-state index contributed by atoms with van der Waals surface area (Å²) in [7, 11) is 0. The van der Waals surface area contributed by atoms with Crippen LogP contribution in [-0.4, -0.2) is 48.3 Å². The minimum atomic E-state index is 0.249. The molecule has 0 saturated carbocycles. The first-order chi connectivity index (χ1) is 6.11. The molecule has 2 atom stereocenters. The van der Waals surface area contributed by atoms with Gasteiger partial charge in [0.05, 0.1) is 6.61 Å². The highest BCUT2D eigenvalue weighted by Gasteiger charge is 2.23. The van der Waals surface area contributed by atoms with E-state index in [1.54, 1.807) is 0 Å². The summed E-state index contributed by atoms with van der Waals surface area (Å²) in [4.78, 5) is 2.44. The SMILES string of the molecule is CC(C)CN1CC(C)NC(CO)C1. The van der Waals surface area contributed by atoms with E-state index < -0.39 is 0 Å². The summed E-state index contributed by atoms with van der Waals surface area (Å²) in [5.41, 5.74) is 0. The van der Waals surface area contributed by atoms with Crippen molar-refractivity contribution >= 4 is 0 Å². The van der Waals surface area contributed by atoms with Crippen molar-refractivity contribution in [2.24, 2.45) is 5.92 Å². The quantitative estimate of drug-likeness (QED) is 0.665. The third-order valence-corrected chi connectivity index (χ3v) is 2.37. The van der Waals surface area contributed by atoms with Gasteiger partial charge in [-0.05, 0) is 12.8 Å². The highest BCUT2D eigenvalue weighted by molar-refractivity contribution is 4.83. The molecule has 0 aromatic heterocycles. The first-order valence-corrected chi connectivity index (χ1v) is 5.21. The minimum absolute atomic E-state index is 0.249. The molecule has 3 nitrogen and oxygen atoms in total. The Kier molecular flexibility index (Phi) is 4.16. The third-order valence-electron chi connectivity index (χ3n) is 2.37. The molecule has 3 heteroatoms. The van der Waals surface area contributed by atoms with Crippen LogP contribution in [0.5, 0.6) is 0 Å². The Morgan fingerprint density at radius 2 is 2.15 bits per heavy atom. The number of hydrogen-bond acceptors (Lipinski definition) is 3. The lowest BCUT2D eigenvalue weighted by atomic mass is 10.1. The van der Waals surface area contributed by atoms with Crippen molar-refractivity contribution in [1.82, 2.24) is 10.2 Å². The Balaban J connectivity index is 2.37. The van der Waals surface area contributed by atoms with E-state index >= 15 is 0 Å². The number of hydrogen-bond donors (Lipinski definition) is 2. The van der Waals surface area contributed by atoms with E-state index in [9.17, 15) is 0 Å². The Morgan fingerprint density at radius 3 is 2.69 bits per heavy atom. The number of aliphatic hydroxyl groups excluding tert-OH is 1. The Hall–Kier alpha value is -0.120. The second kappa shape index (κ2) is 4.94. The molecule has 1 aliphatic heterocycles. The normalized spacial score (nSPS) is 31.2. The fourth-order valence-corrected chi connectivity index (χ4v) is 2.06. The Labute approximate surface area is 81.1 Å². The van der Waals surface area contributed by atoms with E-state index in [-0.39, 0.29) is 12.6 Å². The molecule has 2 N–H and O–H groups in total. The standard InChI is InChI=1S/C10H22N2O/c1-8(2)4-12-5-9(3)11-10(6-12)7-13/h8-11,13H,4-7H2,1-3H3. The third kappa shape index (κ3) is 3.63. The molecule has 0 radical (unpaired) electrons. The number of nitrogens with one attached hydrogen (secondary N) is 1. The molecule has 0 bridgehead atoms. The maximum Gasteiger partial charge on any atom is 0.0597 e. The number of rotatable bonds is 3. The van der Waals surface area contributed by atoms with Crippen molar-refractivity contribution in [2.45, 2.75) is 32.9 Å². The fourth-order valence-electron chi connectivity index (χ4n) is 2.06. The number of aliphatic hydroxyl groups is 1. The molecule has 1 aliphatic rings.